The first-order valence-corrected chi connectivity index (χ1v) is 10.5. The number of nitrogens with zero attached hydrogens (tertiary/aromatic N) is 2. The number of morpholine rings is 1. The molecule has 0 aliphatic carbocycles. The number of thiophene rings is 1. The van der Waals surface area contributed by atoms with Crippen molar-refractivity contribution in [3.05, 3.63) is 40.5 Å². The summed E-state index contributed by atoms with van der Waals surface area (Å²) >= 11 is 1.70. The first-order chi connectivity index (χ1) is 13.6. The normalized spacial score (nSPS) is 15.1. The molecule has 1 saturated heterocycles. The molecule has 0 spiro atoms. The van der Waals surface area contributed by atoms with E-state index in [1.165, 1.54) is 15.3 Å². The van der Waals surface area contributed by atoms with Gasteiger partial charge in [-0.1, -0.05) is 0 Å². The molecule has 1 aliphatic heterocycles. The minimum absolute atomic E-state index is 0.638. The third-order valence-electron chi connectivity index (χ3n) is 5.00. The lowest BCUT2D eigenvalue weighted by Crippen LogP contribution is -3.12. The van der Waals surface area contributed by atoms with E-state index in [1.807, 2.05) is 31.2 Å². The van der Waals surface area contributed by atoms with Gasteiger partial charge in [-0.15, -0.1) is 11.3 Å². The number of ether oxygens (including phenoxy) is 3. The fourth-order valence-electron chi connectivity index (χ4n) is 3.35. The number of benzene rings is 1. The van der Waals surface area contributed by atoms with Crippen LogP contribution in [0.2, 0.25) is 0 Å². The van der Waals surface area contributed by atoms with Gasteiger partial charge in [0.05, 0.1) is 25.2 Å². The standard InChI is InChI=1S/C21H25N3O3S/c1-4-26-16-5-7-17(8-6-16)27-20-19-14(2)15(3)28-21(19)23-18(22-20)13-24-9-11-25-12-10-24/h5-8H,4,9-13H2,1-3H3/p+1. The van der Waals surface area contributed by atoms with Crippen molar-refractivity contribution in [2.75, 3.05) is 32.9 Å². The van der Waals surface area contributed by atoms with E-state index in [-0.39, 0.29) is 0 Å². The molecule has 1 fully saturated rings. The fraction of sp³-hybridized carbons (Fsp3) is 0.429. The van der Waals surface area contributed by atoms with Crippen LogP contribution in [0.1, 0.15) is 23.2 Å². The van der Waals surface area contributed by atoms with Gasteiger partial charge in [0, 0.05) is 4.88 Å². The van der Waals surface area contributed by atoms with Crippen molar-refractivity contribution in [3.63, 3.8) is 0 Å². The highest BCUT2D eigenvalue weighted by molar-refractivity contribution is 7.18. The minimum atomic E-state index is 0.638. The van der Waals surface area contributed by atoms with Crippen molar-refractivity contribution >= 4 is 21.6 Å². The summed E-state index contributed by atoms with van der Waals surface area (Å²) in [7, 11) is 0. The average molecular weight is 401 g/mol. The van der Waals surface area contributed by atoms with Crippen molar-refractivity contribution in [1.82, 2.24) is 9.97 Å². The summed E-state index contributed by atoms with van der Waals surface area (Å²) in [5.41, 5.74) is 1.19. The van der Waals surface area contributed by atoms with Gasteiger partial charge in [0.25, 0.3) is 0 Å². The Morgan fingerprint density at radius 3 is 2.50 bits per heavy atom. The predicted molar refractivity (Wildman–Crippen MR) is 110 cm³/mol. The maximum absolute atomic E-state index is 6.21. The Balaban J connectivity index is 1.66. The molecule has 0 unspecified atom stereocenters. The molecule has 1 N–H and O–H groups in total. The molecular formula is C21H26N3O3S+. The molecule has 0 radical (unpaired) electrons. The minimum Gasteiger partial charge on any atom is -0.494 e. The molecule has 28 heavy (non-hydrogen) atoms. The van der Waals surface area contributed by atoms with Crippen LogP contribution in [0.3, 0.4) is 0 Å². The Labute approximate surface area is 169 Å². The highest BCUT2D eigenvalue weighted by atomic mass is 32.1. The first kappa shape index (κ1) is 19.1. The van der Waals surface area contributed by atoms with Crippen LogP contribution in [-0.2, 0) is 11.3 Å². The van der Waals surface area contributed by atoms with Crippen LogP contribution in [0.15, 0.2) is 24.3 Å². The Kier molecular flexibility index (Phi) is 5.75. The van der Waals surface area contributed by atoms with Gasteiger partial charge in [0.15, 0.2) is 5.82 Å². The molecule has 3 aromatic rings. The van der Waals surface area contributed by atoms with E-state index in [2.05, 4.69) is 13.8 Å². The molecular weight excluding hydrogens is 374 g/mol. The van der Waals surface area contributed by atoms with Crippen LogP contribution in [0.4, 0.5) is 0 Å². The van der Waals surface area contributed by atoms with Gasteiger partial charge in [-0.2, -0.15) is 4.98 Å². The topological polar surface area (TPSA) is 57.9 Å². The lowest BCUT2D eigenvalue weighted by molar-refractivity contribution is -0.922. The quantitative estimate of drug-likeness (QED) is 0.690. The van der Waals surface area contributed by atoms with Gasteiger partial charge >= 0.3 is 0 Å². The molecule has 148 valence electrons. The molecule has 3 heterocycles. The van der Waals surface area contributed by atoms with E-state index < -0.39 is 0 Å². The molecule has 0 bridgehead atoms. The summed E-state index contributed by atoms with van der Waals surface area (Å²) < 4.78 is 17.2. The van der Waals surface area contributed by atoms with Gasteiger partial charge in [-0.05, 0) is 50.6 Å². The third-order valence-corrected chi connectivity index (χ3v) is 6.10. The average Bonchev–Trinajstić information content (AvgIpc) is 2.98. The van der Waals surface area contributed by atoms with Crippen LogP contribution in [0.25, 0.3) is 10.2 Å². The van der Waals surface area contributed by atoms with Crippen molar-refractivity contribution in [2.45, 2.75) is 27.3 Å². The molecule has 0 amide bonds. The highest BCUT2D eigenvalue weighted by Crippen LogP contribution is 2.36. The number of aryl methyl sites for hydroxylation is 2. The molecule has 6 nitrogen and oxygen atoms in total. The lowest BCUT2D eigenvalue weighted by Gasteiger charge is -2.23. The van der Waals surface area contributed by atoms with Crippen LogP contribution in [0.5, 0.6) is 17.4 Å². The third kappa shape index (κ3) is 4.11. The zero-order valence-corrected chi connectivity index (χ0v) is 17.4. The summed E-state index contributed by atoms with van der Waals surface area (Å²) in [4.78, 5) is 13.3. The van der Waals surface area contributed by atoms with Gasteiger partial charge < -0.3 is 19.1 Å². The number of hydrogen-bond acceptors (Lipinski definition) is 6. The number of quaternary nitrogens is 1. The van der Waals surface area contributed by atoms with Crippen LogP contribution in [-0.4, -0.2) is 42.9 Å². The smallest absolute Gasteiger partial charge is 0.231 e. The second kappa shape index (κ2) is 8.43. The van der Waals surface area contributed by atoms with Crippen molar-refractivity contribution in [3.8, 4) is 17.4 Å². The van der Waals surface area contributed by atoms with Gasteiger partial charge in [0.1, 0.15) is 36.0 Å². The van der Waals surface area contributed by atoms with Gasteiger partial charge in [0.2, 0.25) is 5.88 Å². The summed E-state index contributed by atoms with van der Waals surface area (Å²) in [6, 6.07) is 7.67. The highest BCUT2D eigenvalue weighted by Gasteiger charge is 2.20. The second-order valence-corrected chi connectivity index (χ2v) is 8.16. The molecule has 0 atom stereocenters. The number of rotatable bonds is 6. The van der Waals surface area contributed by atoms with Crippen LogP contribution < -0.4 is 14.4 Å². The lowest BCUT2D eigenvalue weighted by atomic mass is 10.2. The number of hydrogen-bond donors (Lipinski definition) is 1. The SMILES string of the molecule is CCOc1ccc(Oc2nc(C[NH+]3CCOCC3)nc3sc(C)c(C)c23)cc1. The van der Waals surface area contributed by atoms with Crippen LogP contribution >= 0.6 is 11.3 Å². The van der Waals surface area contributed by atoms with E-state index >= 15 is 0 Å². The molecule has 0 saturated carbocycles. The van der Waals surface area contributed by atoms with E-state index in [0.717, 1.165) is 60.4 Å². The molecule has 1 aliphatic rings. The maximum atomic E-state index is 6.21. The Bertz CT molecular complexity index is 950. The Morgan fingerprint density at radius 2 is 1.79 bits per heavy atom. The zero-order chi connectivity index (χ0) is 19.5. The van der Waals surface area contributed by atoms with Crippen molar-refractivity contribution in [1.29, 1.82) is 0 Å². The zero-order valence-electron chi connectivity index (χ0n) is 16.6. The van der Waals surface area contributed by atoms with Crippen LogP contribution in [0, 0.1) is 13.8 Å². The molecule has 4 rings (SSSR count). The molecule has 7 heteroatoms. The van der Waals surface area contributed by atoms with E-state index in [4.69, 9.17) is 24.2 Å². The van der Waals surface area contributed by atoms with Crippen molar-refractivity contribution in [2.24, 2.45) is 0 Å². The number of nitrogens with one attached hydrogen (secondary N) is 1. The summed E-state index contributed by atoms with van der Waals surface area (Å²) in [6.45, 7) is 11.2. The number of aromatic nitrogens is 2. The summed E-state index contributed by atoms with van der Waals surface area (Å²) in [5, 5.41) is 1.01. The van der Waals surface area contributed by atoms with E-state index in [9.17, 15) is 0 Å². The fourth-order valence-corrected chi connectivity index (χ4v) is 4.39. The van der Waals surface area contributed by atoms with E-state index in [0.29, 0.717) is 12.5 Å². The number of fused-ring (bicyclic) bond motifs is 1. The van der Waals surface area contributed by atoms with Gasteiger partial charge in [-0.25, -0.2) is 4.98 Å². The summed E-state index contributed by atoms with van der Waals surface area (Å²) in [6.07, 6.45) is 0. The Morgan fingerprint density at radius 1 is 1.07 bits per heavy atom. The second-order valence-electron chi connectivity index (χ2n) is 6.95. The first-order valence-electron chi connectivity index (χ1n) is 9.72. The van der Waals surface area contributed by atoms with Gasteiger partial charge in [-0.3, -0.25) is 0 Å². The Hall–Kier alpha value is -2.22. The monoisotopic (exact) mass is 400 g/mol. The predicted octanol–water partition coefficient (Wildman–Crippen LogP) is 2.91. The van der Waals surface area contributed by atoms with E-state index in [1.54, 1.807) is 11.3 Å². The molecule has 1 aromatic carbocycles. The molecule has 2 aromatic heterocycles. The van der Waals surface area contributed by atoms with Crippen molar-refractivity contribution < 1.29 is 19.1 Å². The maximum Gasteiger partial charge on any atom is 0.231 e. The summed E-state index contributed by atoms with van der Waals surface area (Å²) in [5.74, 6) is 3.04. The largest absolute Gasteiger partial charge is 0.494 e.